The molecule has 0 aliphatic heterocycles. The number of rotatable bonds is 2. The van der Waals surface area contributed by atoms with E-state index in [-0.39, 0.29) is 0 Å². The van der Waals surface area contributed by atoms with Gasteiger partial charge in [-0.05, 0) is 25.7 Å². The van der Waals surface area contributed by atoms with E-state index in [0.717, 1.165) is 12.8 Å². The van der Waals surface area contributed by atoms with Gasteiger partial charge in [0.25, 0.3) is 0 Å². The molecule has 1 aliphatic carbocycles. The molecule has 0 aromatic carbocycles. The molecule has 0 radical (unpaired) electrons. The van der Waals surface area contributed by atoms with Crippen LogP contribution in [0.1, 0.15) is 32.6 Å². The van der Waals surface area contributed by atoms with Crippen molar-refractivity contribution < 1.29 is 19.1 Å². The summed E-state index contributed by atoms with van der Waals surface area (Å²) in [4.78, 5) is 22.2. The molecule has 0 N–H and O–H groups in total. The summed E-state index contributed by atoms with van der Waals surface area (Å²) in [7, 11) is 1.31. The zero-order valence-electron chi connectivity index (χ0n) is 7.96. The summed E-state index contributed by atoms with van der Waals surface area (Å²) in [5, 5.41) is 0. The standard InChI is InChI=1S/C9H14O4/c1-7(10)13-9(8(11)12-2)5-3-4-6-9/h3-6H2,1-2H3. The summed E-state index contributed by atoms with van der Waals surface area (Å²) in [5.41, 5.74) is -0.986. The summed E-state index contributed by atoms with van der Waals surface area (Å²) in [6.07, 6.45) is 2.98. The number of hydrogen-bond acceptors (Lipinski definition) is 4. The highest BCUT2D eigenvalue weighted by atomic mass is 16.6. The van der Waals surface area contributed by atoms with Crippen LogP contribution in [0.4, 0.5) is 0 Å². The van der Waals surface area contributed by atoms with E-state index < -0.39 is 17.5 Å². The van der Waals surface area contributed by atoms with E-state index in [4.69, 9.17) is 4.74 Å². The molecule has 74 valence electrons. The molecule has 0 unspecified atom stereocenters. The van der Waals surface area contributed by atoms with Crippen LogP contribution in [0.3, 0.4) is 0 Å². The van der Waals surface area contributed by atoms with E-state index in [1.807, 2.05) is 0 Å². The Hall–Kier alpha value is -1.06. The third kappa shape index (κ3) is 1.99. The first-order chi connectivity index (χ1) is 6.10. The number of carbonyl (C=O) groups is 2. The van der Waals surface area contributed by atoms with Gasteiger partial charge < -0.3 is 9.47 Å². The summed E-state index contributed by atoms with van der Waals surface area (Å²) in [5.74, 6) is -0.854. The molecule has 1 saturated carbocycles. The number of methoxy groups -OCH3 is 1. The third-order valence-electron chi connectivity index (χ3n) is 2.31. The second-order valence-electron chi connectivity index (χ2n) is 3.29. The molecule has 1 aliphatic rings. The second-order valence-corrected chi connectivity index (χ2v) is 3.29. The van der Waals surface area contributed by atoms with Crippen molar-refractivity contribution in [3.63, 3.8) is 0 Å². The lowest BCUT2D eigenvalue weighted by atomic mass is 10.0. The van der Waals surface area contributed by atoms with Crippen LogP contribution in [0.25, 0.3) is 0 Å². The Balaban J connectivity index is 2.74. The quantitative estimate of drug-likeness (QED) is 0.604. The average molecular weight is 186 g/mol. The highest BCUT2D eigenvalue weighted by Crippen LogP contribution is 2.34. The Labute approximate surface area is 77.2 Å². The van der Waals surface area contributed by atoms with Crippen molar-refractivity contribution in [1.82, 2.24) is 0 Å². The molecule has 0 aromatic rings. The molecule has 0 bridgehead atoms. The van der Waals surface area contributed by atoms with Crippen molar-refractivity contribution in [3.05, 3.63) is 0 Å². The van der Waals surface area contributed by atoms with Crippen LogP contribution in [0.2, 0.25) is 0 Å². The van der Waals surface area contributed by atoms with Gasteiger partial charge in [-0.15, -0.1) is 0 Å². The molecule has 4 heteroatoms. The average Bonchev–Trinajstić information content (AvgIpc) is 2.51. The highest BCUT2D eigenvalue weighted by Gasteiger charge is 2.45. The number of hydrogen-bond donors (Lipinski definition) is 0. The largest absolute Gasteiger partial charge is 0.466 e. The van der Waals surface area contributed by atoms with Crippen LogP contribution in [0, 0.1) is 0 Å². The minimum atomic E-state index is -0.986. The van der Waals surface area contributed by atoms with Gasteiger partial charge in [-0.3, -0.25) is 4.79 Å². The van der Waals surface area contributed by atoms with Gasteiger partial charge in [0.05, 0.1) is 7.11 Å². The fraction of sp³-hybridized carbons (Fsp3) is 0.778. The van der Waals surface area contributed by atoms with Crippen molar-refractivity contribution >= 4 is 11.9 Å². The number of ether oxygens (including phenoxy) is 2. The van der Waals surface area contributed by atoms with E-state index in [2.05, 4.69) is 4.74 Å². The van der Waals surface area contributed by atoms with Crippen molar-refractivity contribution in [2.45, 2.75) is 38.2 Å². The predicted octanol–water partition coefficient (Wildman–Crippen LogP) is 1.04. The van der Waals surface area contributed by atoms with E-state index in [9.17, 15) is 9.59 Å². The van der Waals surface area contributed by atoms with Gasteiger partial charge in [-0.1, -0.05) is 0 Å². The molecule has 1 fully saturated rings. The minimum Gasteiger partial charge on any atom is -0.466 e. The molecule has 0 saturated heterocycles. The zero-order valence-corrected chi connectivity index (χ0v) is 7.96. The summed E-state index contributed by atoms with van der Waals surface area (Å²) in [6, 6.07) is 0. The Bertz CT molecular complexity index is 216. The predicted molar refractivity (Wildman–Crippen MR) is 45.0 cm³/mol. The van der Waals surface area contributed by atoms with Gasteiger partial charge in [-0.2, -0.15) is 0 Å². The first kappa shape index (κ1) is 10.0. The van der Waals surface area contributed by atoms with Crippen molar-refractivity contribution in [2.24, 2.45) is 0 Å². The molecule has 0 heterocycles. The lowest BCUT2D eigenvalue weighted by Gasteiger charge is -2.24. The van der Waals surface area contributed by atoms with E-state index >= 15 is 0 Å². The molecule has 0 amide bonds. The third-order valence-corrected chi connectivity index (χ3v) is 2.31. The molecule has 4 nitrogen and oxygen atoms in total. The monoisotopic (exact) mass is 186 g/mol. The molecule has 1 rings (SSSR count). The van der Waals surface area contributed by atoms with Crippen LogP contribution < -0.4 is 0 Å². The van der Waals surface area contributed by atoms with Crippen molar-refractivity contribution in [1.29, 1.82) is 0 Å². The van der Waals surface area contributed by atoms with Gasteiger partial charge in [0.1, 0.15) is 0 Å². The molecular weight excluding hydrogens is 172 g/mol. The van der Waals surface area contributed by atoms with Gasteiger partial charge >= 0.3 is 11.9 Å². The number of esters is 2. The van der Waals surface area contributed by atoms with Gasteiger partial charge in [0.15, 0.2) is 0 Å². The zero-order chi connectivity index (χ0) is 9.90. The summed E-state index contributed by atoms with van der Waals surface area (Å²) < 4.78 is 9.66. The molecule has 0 spiro atoms. The SMILES string of the molecule is COC(=O)C1(OC(C)=O)CCCC1. The Morgan fingerprint density at radius 3 is 2.15 bits per heavy atom. The first-order valence-corrected chi connectivity index (χ1v) is 4.39. The topological polar surface area (TPSA) is 52.6 Å². The van der Waals surface area contributed by atoms with Crippen LogP contribution in [0.15, 0.2) is 0 Å². The number of carbonyl (C=O) groups excluding carboxylic acids is 2. The van der Waals surface area contributed by atoms with Crippen LogP contribution in [-0.2, 0) is 19.1 Å². The Morgan fingerprint density at radius 1 is 1.23 bits per heavy atom. The van der Waals surface area contributed by atoms with Crippen molar-refractivity contribution in [2.75, 3.05) is 7.11 Å². The molecule has 0 atom stereocenters. The van der Waals surface area contributed by atoms with Crippen LogP contribution in [-0.4, -0.2) is 24.6 Å². The summed E-state index contributed by atoms with van der Waals surface area (Å²) >= 11 is 0. The minimum absolute atomic E-state index is 0.424. The van der Waals surface area contributed by atoms with Crippen LogP contribution in [0.5, 0.6) is 0 Å². The smallest absolute Gasteiger partial charge is 0.350 e. The fourth-order valence-corrected chi connectivity index (χ4v) is 1.76. The first-order valence-electron chi connectivity index (χ1n) is 4.39. The Kier molecular flexibility index (Phi) is 2.90. The summed E-state index contributed by atoms with van der Waals surface area (Å²) in [6.45, 7) is 1.31. The lowest BCUT2D eigenvalue weighted by molar-refractivity contribution is -0.178. The highest BCUT2D eigenvalue weighted by molar-refractivity contribution is 5.83. The van der Waals surface area contributed by atoms with Crippen molar-refractivity contribution in [3.8, 4) is 0 Å². The lowest BCUT2D eigenvalue weighted by Crippen LogP contribution is -2.41. The van der Waals surface area contributed by atoms with E-state index in [1.165, 1.54) is 14.0 Å². The second kappa shape index (κ2) is 3.77. The van der Waals surface area contributed by atoms with Crippen LogP contribution >= 0.6 is 0 Å². The molecule has 0 aromatic heterocycles. The molecular formula is C9H14O4. The fourth-order valence-electron chi connectivity index (χ4n) is 1.76. The Morgan fingerprint density at radius 2 is 1.77 bits per heavy atom. The van der Waals surface area contributed by atoms with E-state index in [1.54, 1.807) is 0 Å². The van der Waals surface area contributed by atoms with Gasteiger partial charge in [0, 0.05) is 6.92 Å². The van der Waals surface area contributed by atoms with E-state index in [0.29, 0.717) is 12.8 Å². The maximum Gasteiger partial charge on any atom is 0.350 e. The maximum atomic E-state index is 11.4. The maximum absolute atomic E-state index is 11.4. The van der Waals surface area contributed by atoms with Gasteiger partial charge in [-0.25, -0.2) is 4.79 Å². The normalized spacial score (nSPS) is 19.5. The van der Waals surface area contributed by atoms with Gasteiger partial charge in [0.2, 0.25) is 5.60 Å². The molecule has 13 heavy (non-hydrogen) atoms.